The average Bonchev–Trinajstić information content (AvgIpc) is 2.48. The van der Waals surface area contributed by atoms with Crippen LogP contribution in [0.1, 0.15) is 12.5 Å². The van der Waals surface area contributed by atoms with Gasteiger partial charge in [-0.25, -0.2) is 4.39 Å². The number of rotatable bonds is 5. The van der Waals surface area contributed by atoms with Gasteiger partial charge in [0.2, 0.25) is 0 Å². The van der Waals surface area contributed by atoms with E-state index in [1.165, 1.54) is 18.2 Å². The lowest BCUT2D eigenvalue weighted by Gasteiger charge is -2.23. The molecular formula is C15H15FN2O3. The molecule has 110 valence electrons. The van der Waals surface area contributed by atoms with Crippen molar-refractivity contribution < 1.29 is 14.4 Å². The van der Waals surface area contributed by atoms with E-state index in [-0.39, 0.29) is 12.3 Å². The van der Waals surface area contributed by atoms with Crippen molar-refractivity contribution in [3.63, 3.8) is 0 Å². The molecule has 2 aromatic carbocycles. The maximum absolute atomic E-state index is 13.4. The predicted octanol–water partition coefficient (Wildman–Crippen LogP) is 3.38. The van der Waals surface area contributed by atoms with Crippen LogP contribution in [0.25, 0.3) is 0 Å². The van der Waals surface area contributed by atoms with Crippen LogP contribution in [0.15, 0.2) is 42.5 Å². The summed E-state index contributed by atoms with van der Waals surface area (Å²) in [7, 11) is 0. The molecule has 0 atom stereocenters. The maximum Gasteiger partial charge on any atom is 0.293 e. The van der Waals surface area contributed by atoms with E-state index in [1.54, 1.807) is 29.2 Å². The van der Waals surface area contributed by atoms with E-state index in [2.05, 4.69) is 0 Å². The molecule has 0 amide bonds. The van der Waals surface area contributed by atoms with Gasteiger partial charge in [-0.05, 0) is 36.8 Å². The zero-order chi connectivity index (χ0) is 15.4. The van der Waals surface area contributed by atoms with Crippen LogP contribution in [0.5, 0.6) is 0 Å². The molecule has 0 radical (unpaired) electrons. The topological polar surface area (TPSA) is 66.6 Å². The van der Waals surface area contributed by atoms with Gasteiger partial charge in [0.1, 0.15) is 11.5 Å². The fraction of sp³-hybridized carbons (Fsp3) is 0.200. The fourth-order valence-electron chi connectivity index (χ4n) is 2.18. The standard InChI is InChI=1S/C15H15FN2O3/c1-2-17(13-5-3-4-12(16)9-13)14-7-6-11(10-19)8-15(14)18(20)21/h3-9,19H,2,10H2,1H3. The number of hydrogen-bond donors (Lipinski definition) is 1. The summed E-state index contributed by atoms with van der Waals surface area (Å²) in [4.78, 5) is 12.4. The molecule has 0 unspecified atom stereocenters. The molecule has 0 saturated heterocycles. The number of aliphatic hydroxyl groups is 1. The van der Waals surface area contributed by atoms with E-state index in [4.69, 9.17) is 5.11 Å². The Morgan fingerprint density at radius 1 is 1.29 bits per heavy atom. The van der Waals surface area contributed by atoms with Gasteiger partial charge in [-0.1, -0.05) is 12.1 Å². The summed E-state index contributed by atoms with van der Waals surface area (Å²) in [6.07, 6.45) is 0. The van der Waals surface area contributed by atoms with Crippen molar-refractivity contribution in [2.24, 2.45) is 0 Å². The second-order valence-electron chi connectivity index (χ2n) is 4.46. The number of aliphatic hydroxyl groups excluding tert-OH is 1. The van der Waals surface area contributed by atoms with Gasteiger partial charge >= 0.3 is 0 Å². The van der Waals surface area contributed by atoms with Crippen LogP contribution in [-0.2, 0) is 6.61 Å². The van der Waals surface area contributed by atoms with Crippen molar-refractivity contribution in [2.45, 2.75) is 13.5 Å². The lowest BCUT2D eigenvalue weighted by molar-refractivity contribution is -0.384. The molecule has 0 aromatic heterocycles. The first kappa shape index (κ1) is 14.9. The highest BCUT2D eigenvalue weighted by molar-refractivity contribution is 5.72. The molecule has 6 heteroatoms. The summed E-state index contributed by atoms with van der Waals surface area (Å²) in [6.45, 7) is 2.00. The number of hydrogen-bond acceptors (Lipinski definition) is 4. The van der Waals surface area contributed by atoms with Crippen LogP contribution in [0.3, 0.4) is 0 Å². The van der Waals surface area contributed by atoms with E-state index in [0.717, 1.165) is 0 Å². The molecule has 0 bridgehead atoms. The van der Waals surface area contributed by atoms with Gasteiger partial charge in [-0.15, -0.1) is 0 Å². The van der Waals surface area contributed by atoms with Crippen molar-refractivity contribution in [1.82, 2.24) is 0 Å². The summed E-state index contributed by atoms with van der Waals surface area (Å²) in [5, 5.41) is 20.3. The highest BCUT2D eigenvalue weighted by Gasteiger charge is 2.20. The molecule has 1 N–H and O–H groups in total. The van der Waals surface area contributed by atoms with Crippen LogP contribution in [-0.4, -0.2) is 16.6 Å². The molecule has 0 aliphatic heterocycles. The predicted molar refractivity (Wildman–Crippen MR) is 78.1 cm³/mol. The molecule has 0 heterocycles. The second-order valence-corrected chi connectivity index (χ2v) is 4.46. The van der Waals surface area contributed by atoms with Crippen LogP contribution in [0.2, 0.25) is 0 Å². The molecule has 2 aromatic rings. The monoisotopic (exact) mass is 290 g/mol. The Morgan fingerprint density at radius 3 is 2.62 bits per heavy atom. The Balaban J connectivity index is 2.54. The number of halogens is 1. The molecule has 0 fully saturated rings. The highest BCUT2D eigenvalue weighted by Crippen LogP contribution is 2.34. The number of anilines is 2. The molecule has 0 saturated carbocycles. The normalized spacial score (nSPS) is 10.4. The number of nitrogens with zero attached hydrogens (tertiary/aromatic N) is 2. The number of nitro benzene ring substituents is 1. The third-order valence-electron chi connectivity index (χ3n) is 3.15. The zero-order valence-electron chi connectivity index (χ0n) is 11.5. The second kappa shape index (κ2) is 6.32. The number of nitro groups is 1. The zero-order valence-corrected chi connectivity index (χ0v) is 11.5. The van der Waals surface area contributed by atoms with E-state index in [9.17, 15) is 14.5 Å². The largest absolute Gasteiger partial charge is 0.392 e. The molecular weight excluding hydrogens is 275 g/mol. The highest BCUT2D eigenvalue weighted by atomic mass is 19.1. The van der Waals surface area contributed by atoms with Gasteiger partial charge in [-0.2, -0.15) is 0 Å². The summed E-state index contributed by atoms with van der Waals surface area (Å²) < 4.78 is 13.4. The van der Waals surface area contributed by atoms with Crippen LogP contribution in [0, 0.1) is 15.9 Å². The van der Waals surface area contributed by atoms with Gasteiger partial charge < -0.3 is 10.0 Å². The number of benzene rings is 2. The van der Waals surface area contributed by atoms with Crippen molar-refractivity contribution in [2.75, 3.05) is 11.4 Å². The molecule has 5 nitrogen and oxygen atoms in total. The van der Waals surface area contributed by atoms with Gasteiger partial charge in [-0.3, -0.25) is 10.1 Å². The minimum Gasteiger partial charge on any atom is -0.392 e. The molecule has 21 heavy (non-hydrogen) atoms. The third kappa shape index (κ3) is 3.17. The van der Waals surface area contributed by atoms with E-state index in [1.807, 2.05) is 6.92 Å². The van der Waals surface area contributed by atoms with Crippen molar-refractivity contribution in [3.8, 4) is 0 Å². The Hall–Kier alpha value is -2.47. The summed E-state index contributed by atoms with van der Waals surface area (Å²) in [5.74, 6) is -0.402. The molecule has 2 rings (SSSR count). The van der Waals surface area contributed by atoms with Crippen LogP contribution >= 0.6 is 0 Å². The Morgan fingerprint density at radius 2 is 2.05 bits per heavy atom. The van der Waals surface area contributed by atoms with E-state index < -0.39 is 10.7 Å². The Labute approximate surface area is 121 Å². The smallest absolute Gasteiger partial charge is 0.293 e. The lowest BCUT2D eigenvalue weighted by atomic mass is 10.1. The van der Waals surface area contributed by atoms with Crippen molar-refractivity contribution in [3.05, 3.63) is 64.0 Å². The molecule has 0 aliphatic carbocycles. The first-order chi connectivity index (χ1) is 10.1. The molecule has 0 aliphatic rings. The average molecular weight is 290 g/mol. The lowest BCUT2D eigenvalue weighted by Crippen LogP contribution is -2.17. The fourth-order valence-corrected chi connectivity index (χ4v) is 2.18. The first-order valence-corrected chi connectivity index (χ1v) is 6.48. The Bertz CT molecular complexity index is 661. The maximum atomic E-state index is 13.4. The van der Waals surface area contributed by atoms with E-state index >= 15 is 0 Å². The summed E-state index contributed by atoms with van der Waals surface area (Å²) >= 11 is 0. The summed E-state index contributed by atoms with van der Waals surface area (Å²) in [5.41, 5.74) is 1.25. The summed E-state index contributed by atoms with van der Waals surface area (Å²) in [6, 6.07) is 10.4. The van der Waals surface area contributed by atoms with Crippen molar-refractivity contribution >= 4 is 17.1 Å². The minimum absolute atomic E-state index is 0.118. The quantitative estimate of drug-likeness (QED) is 0.677. The van der Waals surface area contributed by atoms with E-state index in [0.29, 0.717) is 23.5 Å². The van der Waals surface area contributed by atoms with Crippen molar-refractivity contribution in [1.29, 1.82) is 0 Å². The van der Waals surface area contributed by atoms with Crippen LogP contribution < -0.4 is 4.90 Å². The minimum atomic E-state index is -0.504. The van der Waals surface area contributed by atoms with Gasteiger partial charge in [0, 0.05) is 18.3 Å². The Kier molecular flexibility index (Phi) is 4.49. The van der Waals surface area contributed by atoms with Gasteiger partial charge in [0.25, 0.3) is 5.69 Å². The SMILES string of the molecule is CCN(c1cccc(F)c1)c1ccc(CO)cc1[N+](=O)[O-]. The van der Waals surface area contributed by atoms with Gasteiger partial charge in [0.15, 0.2) is 0 Å². The third-order valence-corrected chi connectivity index (χ3v) is 3.15. The first-order valence-electron chi connectivity index (χ1n) is 6.48. The van der Waals surface area contributed by atoms with Gasteiger partial charge in [0.05, 0.1) is 11.5 Å². The molecule has 0 spiro atoms. The van der Waals surface area contributed by atoms with Crippen LogP contribution in [0.4, 0.5) is 21.5 Å².